The first-order valence-corrected chi connectivity index (χ1v) is 10.4. The molecule has 132 valence electrons. The van der Waals surface area contributed by atoms with Gasteiger partial charge in [-0.15, -0.1) is 11.3 Å². The first kappa shape index (κ1) is 16.2. The SMILES string of the molecule is c1ccc(-c2csc(CN3CCc4cnc(CC5CC5)nc4C3)c2)cc1. The molecule has 1 aliphatic heterocycles. The van der Waals surface area contributed by atoms with E-state index in [1.54, 1.807) is 0 Å². The van der Waals surface area contributed by atoms with Crippen molar-refractivity contribution in [2.24, 2.45) is 5.92 Å². The summed E-state index contributed by atoms with van der Waals surface area (Å²) in [5.41, 5.74) is 5.23. The molecular formula is C22H23N3S. The van der Waals surface area contributed by atoms with Crippen molar-refractivity contribution in [2.75, 3.05) is 6.54 Å². The van der Waals surface area contributed by atoms with Gasteiger partial charge in [-0.25, -0.2) is 9.97 Å². The van der Waals surface area contributed by atoms with Crippen molar-refractivity contribution in [2.45, 2.75) is 38.8 Å². The van der Waals surface area contributed by atoms with E-state index in [-0.39, 0.29) is 0 Å². The summed E-state index contributed by atoms with van der Waals surface area (Å²) in [6, 6.07) is 13.0. The monoisotopic (exact) mass is 361 g/mol. The fourth-order valence-electron chi connectivity index (χ4n) is 3.68. The Morgan fingerprint density at radius 1 is 1.12 bits per heavy atom. The Balaban J connectivity index is 1.28. The summed E-state index contributed by atoms with van der Waals surface area (Å²) < 4.78 is 0. The van der Waals surface area contributed by atoms with E-state index >= 15 is 0 Å². The Bertz CT molecular complexity index is 899. The molecule has 0 spiro atoms. The van der Waals surface area contributed by atoms with Gasteiger partial charge in [0.15, 0.2) is 0 Å². The van der Waals surface area contributed by atoms with Gasteiger partial charge in [0.25, 0.3) is 0 Å². The number of nitrogens with zero attached hydrogens (tertiary/aromatic N) is 3. The van der Waals surface area contributed by atoms with E-state index in [0.29, 0.717) is 0 Å². The van der Waals surface area contributed by atoms with Crippen LogP contribution in [0.3, 0.4) is 0 Å². The van der Waals surface area contributed by atoms with Gasteiger partial charge < -0.3 is 0 Å². The van der Waals surface area contributed by atoms with Crippen LogP contribution in [-0.2, 0) is 25.9 Å². The summed E-state index contributed by atoms with van der Waals surface area (Å²) in [6.07, 6.45) is 6.92. The second-order valence-electron chi connectivity index (χ2n) is 7.53. The zero-order chi connectivity index (χ0) is 17.3. The largest absolute Gasteiger partial charge is 0.292 e. The average molecular weight is 362 g/mol. The van der Waals surface area contributed by atoms with E-state index < -0.39 is 0 Å². The third kappa shape index (κ3) is 3.57. The molecule has 0 amide bonds. The van der Waals surface area contributed by atoms with Crippen LogP contribution >= 0.6 is 11.3 Å². The van der Waals surface area contributed by atoms with Crippen LogP contribution in [0.2, 0.25) is 0 Å². The van der Waals surface area contributed by atoms with Gasteiger partial charge in [-0.3, -0.25) is 4.90 Å². The van der Waals surface area contributed by atoms with Crippen molar-refractivity contribution in [1.29, 1.82) is 0 Å². The zero-order valence-corrected chi connectivity index (χ0v) is 15.7. The van der Waals surface area contributed by atoms with E-state index in [0.717, 1.165) is 44.2 Å². The van der Waals surface area contributed by atoms with Gasteiger partial charge in [0.2, 0.25) is 0 Å². The number of rotatable bonds is 5. The predicted octanol–water partition coefficient (Wildman–Crippen LogP) is 4.72. The molecule has 3 nitrogen and oxygen atoms in total. The summed E-state index contributed by atoms with van der Waals surface area (Å²) in [5, 5.41) is 2.28. The molecule has 1 saturated carbocycles. The molecule has 0 radical (unpaired) electrons. The Morgan fingerprint density at radius 2 is 2.00 bits per heavy atom. The number of fused-ring (bicyclic) bond motifs is 1. The van der Waals surface area contributed by atoms with Crippen molar-refractivity contribution < 1.29 is 0 Å². The molecule has 0 bridgehead atoms. The molecule has 3 heterocycles. The second kappa shape index (κ2) is 6.93. The van der Waals surface area contributed by atoms with E-state index in [1.807, 2.05) is 11.3 Å². The quantitative estimate of drug-likeness (QED) is 0.659. The van der Waals surface area contributed by atoms with Gasteiger partial charge in [0.1, 0.15) is 5.82 Å². The lowest BCUT2D eigenvalue weighted by molar-refractivity contribution is 0.243. The highest BCUT2D eigenvalue weighted by Crippen LogP contribution is 2.32. The molecule has 4 heteroatoms. The predicted molar refractivity (Wildman–Crippen MR) is 106 cm³/mol. The number of hydrogen-bond donors (Lipinski definition) is 0. The van der Waals surface area contributed by atoms with Crippen LogP contribution in [0, 0.1) is 5.92 Å². The Hall–Kier alpha value is -2.04. The van der Waals surface area contributed by atoms with Gasteiger partial charge in [0, 0.05) is 37.1 Å². The summed E-state index contributed by atoms with van der Waals surface area (Å²) in [7, 11) is 0. The zero-order valence-electron chi connectivity index (χ0n) is 14.9. The minimum absolute atomic E-state index is 0.843. The molecule has 0 saturated heterocycles. The van der Waals surface area contributed by atoms with Gasteiger partial charge >= 0.3 is 0 Å². The number of thiophene rings is 1. The fourth-order valence-corrected chi connectivity index (χ4v) is 4.61. The van der Waals surface area contributed by atoms with Crippen LogP contribution < -0.4 is 0 Å². The van der Waals surface area contributed by atoms with Crippen LogP contribution in [0.25, 0.3) is 11.1 Å². The van der Waals surface area contributed by atoms with Crippen LogP contribution in [0.4, 0.5) is 0 Å². The normalized spacial score (nSPS) is 17.2. The smallest absolute Gasteiger partial charge is 0.128 e. The lowest BCUT2D eigenvalue weighted by Gasteiger charge is -2.27. The standard InChI is InChI=1S/C22H23N3S/c1-2-4-17(5-3-1)19-11-20(26-15-19)13-25-9-8-18-12-23-22(10-16-6-7-16)24-21(18)14-25/h1-5,11-12,15-16H,6-10,13-14H2. The minimum Gasteiger partial charge on any atom is -0.292 e. The van der Waals surface area contributed by atoms with E-state index in [9.17, 15) is 0 Å². The highest BCUT2D eigenvalue weighted by atomic mass is 32.1. The minimum atomic E-state index is 0.843. The molecule has 2 aliphatic rings. The Labute approximate surface area is 158 Å². The van der Waals surface area contributed by atoms with Crippen LogP contribution in [0.15, 0.2) is 48.0 Å². The van der Waals surface area contributed by atoms with Crippen molar-refractivity contribution >= 4 is 11.3 Å². The highest BCUT2D eigenvalue weighted by Gasteiger charge is 2.24. The lowest BCUT2D eigenvalue weighted by Crippen LogP contribution is -2.31. The van der Waals surface area contributed by atoms with Crippen LogP contribution in [-0.4, -0.2) is 21.4 Å². The van der Waals surface area contributed by atoms with Crippen LogP contribution in [0.1, 0.15) is 34.8 Å². The molecule has 1 aliphatic carbocycles. The molecule has 1 fully saturated rings. The molecule has 1 aromatic carbocycles. The molecule has 0 atom stereocenters. The summed E-state index contributed by atoms with van der Waals surface area (Å²) in [5.74, 6) is 1.89. The maximum absolute atomic E-state index is 4.89. The van der Waals surface area contributed by atoms with Crippen LogP contribution in [0.5, 0.6) is 0 Å². The van der Waals surface area contributed by atoms with Crippen molar-refractivity contribution in [3.8, 4) is 11.1 Å². The van der Waals surface area contributed by atoms with Gasteiger partial charge in [-0.2, -0.15) is 0 Å². The van der Waals surface area contributed by atoms with Crippen molar-refractivity contribution in [3.63, 3.8) is 0 Å². The number of hydrogen-bond acceptors (Lipinski definition) is 4. The van der Waals surface area contributed by atoms with E-state index in [1.165, 1.54) is 40.1 Å². The third-order valence-corrected chi connectivity index (χ3v) is 6.30. The topological polar surface area (TPSA) is 29.0 Å². The first-order chi connectivity index (χ1) is 12.8. The molecule has 5 rings (SSSR count). The van der Waals surface area contributed by atoms with E-state index in [2.05, 4.69) is 57.9 Å². The Morgan fingerprint density at radius 3 is 2.85 bits per heavy atom. The lowest BCUT2D eigenvalue weighted by atomic mass is 10.1. The Kier molecular flexibility index (Phi) is 4.31. The summed E-state index contributed by atoms with van der Waals surface area (Å²) >= 11 is 1.86. The first-order valence-electron chi connectivity index (χ1n) is 9.52. The van der Waals surface area contributed by atoms with Gasteiger partial charge in [-0.1, -0.05) is 30.3 Å². The van der Waals surface area contributed by atoms with Crippen molar-refractivity contribution in [1.82, 2.24) is 14.9 Å². The molecule has 26 heavy (non-hydrogen) atoms. The highest BCUT2D eigenvalue weighted by molar-refractivity contribution is 7.10. The van der Waals surface area contributed by atoms with Gasteiger partial charge in [-0.05, 0) is 53.3 Å². The second-order valence-corrected chi connectivity index (χ2v) is 8.53. The molecule has 0 N–H and O–H groups in total. The number of benzene rings is 1. The molecular weight excluding hydrogens is 338 g/mol. The fraction of sp³-hybridized carbons (Fsp3) is 0.364. The van der Waals surface area contributed by atoms with E-state index in [4.69, 9.17) is 4.98 Å². The molecule has 0 unspecified atom stereocenters. The molecule has 3 aromatic rings. The van der Waals surface area contributed by atoms with Crippen molar-refractivity contribution in [3.05, 3.63) is 69.9 Å². The van der Waals surface area contributed by atoms with Gasteiger partial charge in [0.05, 0.1) is 5.69 Å². The maximum atomic E-state index is 4.89. The molecule has 2 aromatic heterocycles. The maximum Gasteiger partial charge on any atom is 0.128 e. The summed E-state index contributed by atoms with van der Waals surface area (Å²) in [6.45, 7) is 3.06. The number of aromatic nitrogens is 2. The third-order valence-electron chi connectivity index (χ3n) is 5.38. The average Bonchev–Trinajstić information content (AvgIpc) is 3.37. The summed E-state index contributed by atoms with van der Waals surface area (Å²) in [4.78, 5) is 13.4.